The molecule has 4 heteroatoms. The van der Waals surface area contributed by atoms with Crippen molar-refractivity contribution >= 4 is 5.91 Å². The van der Waals surface area contributed by atoms with E-state index >= 15 is 0 Å². The number of carbonyl (C=O) groups is 1. The Hall–Kier alpha value is -0.610. The maximum atomic E-state index is 11.2. The number of likely N-dealkylation sites (tertiary alicyclic amines) is 1. The molecule has 14 heavy (non-hydrogen) atoms. The van der Waals surface area contributed by atoms with Crippen LogP contribution in [-0.4, -0.2) is 41.7 Å². The first-order chi connectivity index (χ1) is 6.56. The lowest BCUT2D eigenvalue weighted by molar-refractivity contribution is -0.122. The van der Waals surface area contributed by atoms with E-state index in [1.54, 1.807) is 0 Å². The van der Waals surface area contributed by atoms with Gasteiger partial charge in [-0.1, -0.05) is 13.8 Å². The van der Waals surface area contributed by atoms with E-state index in [1.165, 1.54) is 0 Å². The fraction of sp³-hybridized carbons (Fsp3) is 0.800. The predicted octanol–water partition coefficient (Wildman–Crippen LogP) is -0.231. The fourth-order valence-electron chi connectivity index (χ4n) is 2.02. The molecule has 81 valence electrons. The Labute approximate surface area is 85.1 Å². The van der Waals surface area contributed by atoms with Crippen LogP contribution in [0.15, 0.2) is 0 Å². The van der Waals surface area contributed by atoms with Crippen molar-refractivity contribution in [3.63, 3.8) is 0 Å². The maximum Gasteiger partial charge on any atom is 0.235 e. The number of hydrogen-bond donors (Lipinski definition) is 2. The molecule has 1 atom stereocenters. The monoisotopic (exact) mass is 199 g/mol. The van der Waals surface area contributed by atoms with Gasteiger partial charge in [0, 0.05) is 12.5 Å². The molecule has 4 nitrogen and oxygen atoms in total. The van der Waals surface area contributed by atoms with E-state index < -0.39 is 0 Å². The zero-order valence-corrected chi connectivity index (χ0v) is 8.86. The van der Waals surface area contributed by atoms with Gasteiger partial charge in [0.25, 0.3) is 0 Å². The van der Waals surface area contributed by atoms with Gasteiger partial charge in [0.15, 0.2) is 0 Å². The zero-order chi connectivity index (χ0) is 10.7. The van der Waals surface area contributed by atoms with E-state index in [1.807, 2.05) is 0 Å². The van der Waals surface area contributed by atoms with E-state index in [9.17, 15) is 4.79 Å². The Balaban J connectivity index is 2.63. The SMILES string of the molecule is CC(C)CN1CC[C](CO)C1C(N)=O. The van der Waals surface area contributed by atoms with Crippen molar-refractivity contribution in [1.29, 1.82) is 0 Å². The third kappa shape index (κ3) is 2.45. The van der Waals surface area contributed by atoms with Crippen molar-refractivity contribution < 1.29 is 9.90 Å². The number of carbonyl (C=O) groups excluding carboxylic acids is 1. The van der Waals surface area contributed by atoms with Crippen LogP contribution in [0.5, 0.6) is 0 Å². The molecule has 1 aliphatic rings. The van der Waals surface area contributed by atoms with E-state index in [-0.39, 0.29) is 18.6 Å². The summed E-state index contributed by atoms with van der Waals surface area (Å²) in [4.78, 5) is 13.3. The largest absolute Gasteiger partial charge is 0.396 e. The standard InChI is InChI=1S/C10H19N2O2/c1-7(2)5-12-4-3-8(6-13)9(12)10(11)14/h7,9,13H,3-6H2,1-2H3,(H2,11,14). The molecule has 0 spiro atoms. The summed E-state index contributed by atoms with van der Waals surface area (Å²) in [5, 5.41) is 9.07. The molecule has 0 saturated carbocycles. The van der Waals surface area contributed by atoms with Gasteiger partial charge in [-0.3, -0.25) is 9.69 Å². The summed E-state index contributed by atoms with van der Waals surface area (Å²) in [7, 11) is 0. The van der Waals surface area contributed by atoms with Gasteiger partial charge >= 0.3 is 0 Å². The van der Waals surface area contributed by atoms with Gasteiger partial charge in [-0.2, -0.15) is 0 Å². The molecular weight excluding hydrogens is 180 g/mol. The van der Waals surface area contributed by atoms with Crippen LogP contribution >= 0.6 is 0 Å². The first kappa shape index (κ1) is 11.5. The number of amides is 1. The minimum absolute atomic E-state index is 0.0256. The van der Waals surface area contributed by atoms with Gasteiger partial charge in [0.2, 0.25) is 5.91 Å². The molecule has 0 aromatic rings. The highest BCUT2D eigenvalue weighted by molar-refractivity contribution is 5.83. The lowest BCUT2D eigenvalue weighted by Crippen LogP contribution is -2.45. The highest BCUT2D eigenvalue weighted by Crippen LogP contribution is 2.26. The zero-order valence-electron chi connectivity index (χ0n) is 8.86. The number of aliphatic hydroxyl groups excluding tert-OH is 1. The van der Waals surface area contributed by atoms with Crippen LogP contribution < -0.4 is 5.73 Å². The predicted molar refractivity (Wildman–Crippen MR) is 54.3 cm³/mol. The van der Waals surface area contributed by atoms with Crippen molar-refractivity contribution in [2.24, 2.45) is 11.7 Å². The smallest absolute Gasteiger partial charge is 0.235 e. The minimum Gasteiger partial charge on any atom is -0.396 e. The highest BCUT2D eigenvalue weighted by Gasteiger charge is 2.37. The summed E-state index contributed by atoms with van der Waals surface area (Å²) in [6.07, 6.45) is 0.789. The average Bonchev–Trinajstić information content (AvgIpc) is 2.46. The number of nitrogens with two attached hydrogens (primary N) is 1. The average molecular weight is 199 g/mol. The van der Waals surface area contributed by atoms with E-state index in [0.717, 1.165) is 25.4 Å². The van der Waals surface area contributed by atoms with Crippen LogP contribution in [0.4, 0.5) is 0 Å². The molecule has 3 N–H and O–H groups in total. The summed E-state index contributed by atoms with van der Waals surface area (Å²) < 4.78 is 0. The number of nitrogens with zero attached hydrogens (tertiary/aromatic N) is 1. The van der Waals surface area contributed by atoms with Crippen molar-refractivity contribution in [3.05, 3.63) is 5.92 Å². The van der Waals surface area contributed by atoms with Crippen LogP contribution in [0.25, 0.3) is 0 Å². The molecular formula is C10H19N2O2. The number of rotatable bonds is 4. The van der Waals surface area contributed by atoms with Crippen LogP contribution in [-0.2, 0) is 4.79 Å². The van der Waals surface area contributed by atoms with Gasteiger partial charge in [-0.05, 0) is 18.9 Å². The molecule has 1 unspecified atom stereocenters. The van der Waals surface area contributed by atoms with E-state index in [4.69, 9.17) is 10.8 Å². The second-order valence-corrected chi connectivity index (χ2v) is 4.26. The number of hydrogen-bond acceptors (Lipinski definition) is 3. The van der Waals surface area contributed by atoms with E-state index in [2.05, 4.69) is 18.7 Å². The van der Waals surface area contributed by atoms with Gasteiger partial charge in [-0.25, -0.2) is 0 Å². The van der Waals surface area contributed by atoms with Gasteiger partial charge < -0.3 is 10.8 Å². The molecule has 0 aliphatic carbocycles. The van der Waals surface area contributed by atoms with Crippen molar-refractivity contribution in [1.82, 2.24) is 4.90 Å². The first-order valence-electron chi connectivity index (χ1n) is 5.05. The van der Waals surface area contributed by atoms with Crippen molar-refractivity contribution in [2.75, 3.05) is 19.7 Å². The molecule has 1 radical (unpaired) electrons. The normalized spacial score (nSPS) is 24.7. The van der Waals surface area contributed by atoms with Gasteiger partial charge in [0.1, 0.15) is 0 Å². The summed E-state index contributed by atoms with van der Waals surface area (Å²) in [6, 6.07) is -0.345. The number of aliphatic hydroxyl groups is 1. The molecule has 1 saturated heterocycles. The molecule has 0 aromatic carbocycles. The molecule has 1 amide bonds. The summed E-state index contributed by atoms with van der Waals surface area (Å²) >= 11 is 0. The molecule has 0 aromatic heterocycles. The van der Waals surface area contributed by atoms with Crippen LogP contribution in [0.1, 0.15) is 20.3 Å². The van der Waals surface area contributed by atoms with E-state index in [0.29, 0.717) is 5.92 Å². The Morgan fingerprint density at radius 2 is 2.36 bits per heavy atom. The highest BCUT2D eigenvalue weighted by atomic mass is 16.3. The molecule has 1 fully saturated rings. The van der Waals surface area contributed by atoms with Crippen LogP contribution in [0.2, 0.25) is 0 Å². The van der Waals surface area contributed by atoms with Crippen LogP contribution in [0, 0.1) is 11.8 Å². The fourth-order valence-corrected chi connectivity index (χ4v) is 2.02. The summed E-state index contributed by atoms with van der Waals surface area (Å²) in [5.41, 5.74) is 5.32. The second-order valence-electron chi connectivity index (χ2n) is 4.26. The Kier molecular flexibility index (Phi) is 3.89. The first-order valence-corrected chi connectivity index (χ1v) is 5.05. The topological polar surface area (TPSA) is 66.6 Å². The van der Waals surface area contributed by atoms with Crippen molar-refractivity contribution in [3.8, 4) is 0 Å². The lowest BCUT2D eigenvalue weighted by Gasteiger charge is -2.25. The molecule has 0 bridgehead atoms. The third-order valence-corrected chi connectivity index (χ3v) is 2.54. The summed E-state index contributed by atoms with van der Waals surface area (Å²) in [5.74, 6) is 1.03. The van der Waals surface area contributed by atoms with Crippen LogP contribution in [0.3, 0.4) is 0 Å². The third-order valence-electron chi connectivity index (χ3n) is 2.54. The Morgan fingerprint density at radius 3 is 2.79 bits per heavy atom. The van der Waals surface area contributed by atoms with Gasteiger partial charge in [0.05, 0.1) is 12.6 Å². The van der Waals surface area contributed by atoms with Crippen molar-refractivity contribution in [2.45, 2.75) is 26.3 Å². The lowest BCUT2D eigenvalue weighted by atomic mass is 10.0. The number of primary amides is 1. The second kappa shape index (κ2) is 4.75. The molecule has 1 rings (SSSR count). The minimum atomic E-state index is -0.345. The summed E-state index contributed by atoms with van der Waals surface area (Å²) in [6.45, 7) is 5.88. The quantitative estimate of drug-likeness (QED) is 0.657. The molecule has 1 heterocycles. The Bertz CT molecular complexity index is 206. The molecule has 1 aliphatic heterocycles. The Morgan fingerprint density at radius 1 is 1.71 bits per heavy atom. The van der Waals surface area contributed by atoms with Gasteiger partial charge in [-0.15, -0.1) is 0 Å². The maximum absolute atomic E-state index is 11.2.